The van der Waals surface area contributed by atoms with Crippen molar-refractivity contribution in [2.45, 2.75) is 32.4 Å². The van der Waals surface area contributed by atoms with E-state index in [0.717, 1.165) is 30.2 Å². The first-order chi connectivity index (χ1) is 11.8. The van der Waals surface area contributed by atoms with Crippen LogP contribution in [0.25, 0.3) is 22.3 Å². The predicted octanol–water partition coefficient (Wildman–Crippen LogP) is 4.46. The quantitative estimate of drug-likeness (QED) is 0.685. The summed E-state index contributed by atoms with van der Waals surface area (Å²) < 4.78 is 43.8. The number of carbonyl (C=O) groups excluding carboxylic acids is 1. The number of carbonyl (C=O) groups is 1. The van der Waals surface area contributed by atoms with Crippen LogP contribution >= 0.6 is 0 Å². The fraction of sp³-hybridized carbons (Fsp3) is 0.353. The lowest BCUT2D eigenvalue weighted by molar-refractivity contribution is -0.159. The van der Waals surface area contributed by atoms with Crippen molar-refractivity contribution < 1.29 is 22.5 Å². The topological polar surface area (TPSA) is 60.9 Å². The van der Waals surface area contributed by atoms with Gasteiger partial charge in [-0.25, -0.2) is 0 Å². The molecule has 1 aromatic carbocycles. The Morgan fingerprint density at radius 3 is 2.68 bits per heavy atom. The van der Waals surface area contributed by atoms with Crippen molar-refractivity contribution >= 4 is 16.8 Å². The molecule has 0 bridgehead atoms. The van der Waals surface area contributed by atoms with E-state index in [1.54, 1.807) is 29.0 Å². The van der Waals surface area contributed by atoms with Gasteiger partial charge in [0, 0.05) is 23.1 Å². The summed E-state index contributed by atoms with van der Waals surface area (Å²) in [6.45, 7) is 1.89. The van der Waals surface area contributed by atoms with Crippen LogP contribution in [-0.2, 0) is 6.18 Å². The molecule has 1 fully saturated rings. The van der Waals surface area contributed by atoms with Gasteiger partial charge in [-0.3, -0.25) is 9.36 Å². The normalized spacial score (nSPS) is 15.5. The predicted molar refractivity (Wildman–Crippen MR) is 82.9 cm³/mol. The summed E-state index contributed by atoms with van der Waals surface area (Å²) in [6.07, 6.45) is -0.129. The molecule has 0 N–H and O–H groups in total. The molecular weight excluding hydrogens is 335 g/mol. The second-order valence-electron chi connectivity index (χ2n) is 6.30. The molecule has 3 aromatic rings. The van der Waals surface area contributed by atoms with Crippen molar-refractivity contribution in [1.29, 1.82) is 0 Å². The summed E-state index contributed by atoms with van der Waals surface area (Å²) in [4.78, 5) is 16.0. The van der Waals surface area contributed by atoms with Gasteiger partial charge in [0.05, 0.1) is 5.52 Å². The van der Waals surface area contributed by atoms with Crippen LogP contribution in [0.4, 0.5) is 13.2 Å². The zero-order valence-corrected chi connectivity index (χ0v) is 13.3. The van der Waals surface area contributed by atoms with E-state index in [-0.39, 0.29) is 17.6 Å². The van der Waals surface area contributed by atoms with Gasteiger partial charge in [-0.1, -0.05) is 23.7 Å². The van der Waals surface area contributed by atoms with Crippen LogP contribution in [0.2, 0.25) is 0 Å². The van der Waals surface area contributed by atoms with Gasteiger partial charge < -0.3 is 4.52 Å². The molecule has 5 nitrogen and oxygen atoms in total. The highest BCUT2D eigenvalue weighted by Crippen LogP contribution is 2.33. The lowest BCUT2D eigenvalue weighted by Crippen LogP contribution is -2.26. The van der Waals surface area contributed by atoms with Crippen LogP contribution in [0, 0.1) is 12.8 Å². The van der Waals surface area contributed by atoms with Crippen LogP contribution in [0.3, 0.4) is 0 Å². The maximum Gasteiger partial charge on any atom is 0.471 e. The van der Waals surface area contributed by atoms with E-state index in [0.29, 0.717) is 11.1 Å². The van der Waals surface area contributed by atoms with Gasteiger partial charge in [0.25, 0.3) is 0 Å². The Labute approximate surface area is 140 Å². The first-order valence-electron chi connectivity index (χ1n) is 7.92. The van der Waals surface area contributed by atoms with Gasteiger partial charge >= 0.3 is 12.1 Å². The first-order valence-corrected chi connectivity index (χ1v) is 7.92. The van der Waals surface area contributed by atoms with Crippen LogP contribution in [-0.4, -0.2) is 20.6 Å². The summed E-state index contributed by atoms with van der Waals surface area (Å²) in [5, 5.41) is 4.27. The number of alkyl halides is 3. The van der Waals surface area contributed by atoms with Crippen molar-refractivity contribution in [3.8, 4) is 11.4 Å². The largest absolute Gasteiger partial charge is 0.471 e. The number of aryl methyl sites for hydroxylation is 1. The highest BCUT2D eigenvalue weighted by Gasteiger charge is 2.38. The second kappa shape index (κ2) is 5.44. The Hall–Kier alpha value is -2.64. The standard InChI is InChI=1S/C17H14F3N3O2/c1-9-8-23(15(24)10-3-2-4-10)13-7-11(5-6-12(9)13)14-21-16(25-22-14)17(18,19)20/h5-8,10H,2-4H2,1H3. The molecule has 4 rings (SSSR count). The van der Waals surface area contributed by atoms with Crippen molar-refractivity contribution in [2.24, 2.45) is 5.92 Å². The third kappa shape index (κ3) is 2.61. The zero-order valence-electron chi connectivity index (χ0n) is 13.3. The first kappa shape index (κ1) is 15.9. The second-order valence-corrected chi connectivity index (χ2v) is 6.30. The van der Waals surface area contributed by atoms with Crippen LogP contribution < -0.4 is 0 Å². The Bertz CT molecular complexity index is 967. The third-order valence-corrected chi connectivity index (χ3v) is 4.62. The molecule has 1 aliphatic carbocycles. The van der Waals surface area contributed by atoms with E-state index in [2.05, 4.69) is 14.7 Å². The van der Waals surface area contributed by atoms with E-state index in [1.165, 1.54) is 0 Å². The maximum absolute atomic E-state index is 12.6. The molecule has 0 saturated heterocycles. The molecule has 8 heteroatoms. The highest BCUT2D eigenvalue weighted by atomic mass is 19.4. The summed E-state index contributed by atoms with van der Waals surface area (Å²) >= 11 is 0. The minimum Gasteiger partial charge on any atom is -0.329 e. The molecule has 1 aliphatic rings. The van der Waals surface area contributed by atoms with E-state index < -0.39 is 12.1 Å². The van der Waals surface area contributed by atoms with Gasteiger partial charge in [0.2, 0.25) is 11.7 Å². The molecule has 25 heavy (non-hydrogen) atoms. The fourth-order valence-corrected chi connectivity index (χ4v) is 3.03. The molecule has 0 aliphatic heterocycles. The smallest absolute Gasteiger partial charge is 0.329 e. The van der Waals surface area contributed by atoms with Crippen molar-refractivity contribution in [2.75, 3.05) is 0 Å². The van der Waals surface area contributed by atoms with Gasteiger partial charge in [-0.2, -0.15) is 18.2 Å². The summed E-state index contributed by atoms with van der Waals surface area (Å²) in [6, 6.07) is 5.01. The van der Waals surface area contributed by atoms with Crippen LogP contribution in [0.1, 0.15) is 35.5 Å². The molecule has 2 heterocycles. The molecule has 0 radical (unpaired) electrons. The molecule has 130 valence electrons. The number of hydrogen-bond donors (Lipinski definition) is 0. The van der Waals surface area contributed by atoms with Crippen molar-refractivity contribution in [3.63, 3.8) is 0 Å². The number of halogens is 3. The molecular formula is C17H14F3N3O2. The average Bonchev–Trinajstić information content (AvgIpc) is 3.10. The maximum atomic E-state index is 12.6. The minimum absolute atomic E-state index is 0.0145. The van der Waals surface area contributed by atoms with Crippen molar-refractivity contribution in [1.82, 2.24) is 14.7 Å². The van der Waals surface area contributed by atoms with E-state index in [9.17, 15) is 18.0 Å². The van der Waals surface area contributed by atoms with Crippen LogP contribution in [0.15, 0.2) is 28.9 Å². The third-order valence-electron chi connectivity index (χ3n) is 4.62. The number of hydrogen-bond acceptors (Lipinski definition) is 4. The molecule has 0 spiro atoms. The summed E-state index contributed by atoms with van der Waals surface area (Å²) in [5.41, 5.74) is 1.94. The summed E-state index contributed by atoms with van der Waals surface area (Å²) in [7, 11) is 0. The Morgan fingerprint density at radius 2 is 2.08 bits per heavy atom. The Balaban J connectivity index is 1.79. The number of aromatic nitrogens is 3. The Kier molecular flexibility index (Phi) is 3.45. The van der Waals surface area contributed by atoms with Gasteiger partial charge in [-0.15, -0.1) is 0 Å². The van der Waals surface area contributed by atoms with Crippen molar-refractivity contribution in [3.05, 3.63) is 35.9 Å². The monoisotopic (exact) mass is 349 g/mol. The van der Waals surface area contributed by atoms with Gasteiger partial charge in [0.1, 0.15) is 0 Å². The van der Waals surface area contributed by atoms with E-state index in [4.69, 9.17) is 0 Å². The van der Waals surface area contributed by atoms with Gasteiger partial charge in [0.15, 0.2) is 0 Å². The number of rotatable bonds is 2. The number of benzene rings is 1. The summed E-state index contributed by atoms with van der Waals surface area (Å²) in [5.74, 6) is -1.51. The molecule has 0 atom stereocenters. The highest BCUT2D eigenvalue weighted by molar-refractivity contribution is 5.97. The molecule has 1 saturated carbocycles. The minimum atomic E-state index is -4.69. The molecule has 2 aromatic heterocycles. The van der Waals surface area contributed by atoms with E-state index >= 15 is 0 Å². The SMILES string of the molecule is Cc1cn(C(=O)C2CCC2)c2cc(-c3noc(C(F)(F)F)n3)ccc12. The van der Waals surface area contributed by atoms with Crippen LogP contribution in [0.5, 0.6) is 0 Å². The molecule has 0 unspecified atom stereocenters. The lowest BCUT2D eigenvalue weighted by Gasteiger charge is -2.24. The average molecular weight is 349 g/mol. The van der Waals surface area contributed by atoms with Gasteiger partial charge in [-0.05, 0) is 31.4 Å². The van der Waals surface area contributed by atoms with E-state index in [1.807, 2.05) is 6.92 Å². The lowest BCUT2D eigenvalue weighted by atomic mass is 9.85. The number of nitrogens with zero attached hydrogens (tertiary/aromatic N) is 3. The zero-order chi connectivity index (χ0) is 17.8. The number of fused-ring (bicyclic) bond motifs is 1. The molecule has 0 amide bonds. The fourth-order valence-electron chi connectivity index (χ4n) is 3.03. The Morgan fingerprint density at radius 1 is 1.32 bits per heavy atom.